The van der Waals surface area contributed by atoms with Gasteiger partial charge in [-0.1, -0.05) is 0 Å². The van der Waals surface area contributed by atoms with Crippen LogP contribution >= 0.6 is 0 Å². The lowest BCUT2D eigenvalue weighted by atomic mass is 9.84. The SMILES string of the molecule is [CH2]C1C(C(=O)[C@@H]2CCCN2)=CC(C(=N)NOC)=NC1C(N)=O. The summed E-state index contributed by atoms with van der Waals surface area (Å²) in [5.74, 6) is -1.61. The van der Waals surface area contributed by atoms with Crippen LogP contribution in [0.4, 0.5) is 0 Å². The second-order valence-electron chi connectivity index (χ2n) is 5.26. The van der Waals surface area contributed by atoms with Gasteiger partial charge in [0.15, 0.2) is 11.6 Å². The van der Waals surface area contributed by atoms with Gasteiger partial charge in [0.2, 0.25) is 5.91 Å². The third kappa shape index (κ3) is 3.23. The quantitative estimate of drug-likeness (QED) is 0.298. The highest BCUT2D eigenvalue weighted by Crippen LogP contribution is 2.25. The van der Waals surface area contributed by atoms with Gasteiger partial charge >= 0.3 is 0 Å². The summed E-state index contributed by atoms with van der Waals surface area (Å²) in [6.45, 7) is 4.65. The number of rotatable bonds is 5. The Morgan fingerprint density at radius 2 is 2.32 bits per heavy atom. The molecule has 0 aliphatic carbocycles. The number of ketones is 1. The summed E-state index contributed by atoms with van der Waals surface area (Å²) in [4.78, 5) is 32.9. The van der Waals surface area contributed by atoms with Gasteiger partial charge < -0.3 is 11.1 Å². The molecule has 2 rings (SSSR count). The fraction of sp³-hybridized carbons (Fsp3) is 0.500. The second kappa shape index (κ2) is 6.80. The lowest BCUT2D eigenvalue weighted by Crippen LogP contribution is -2.44. The van der Waals surface area contributed by atoms with Crippen LogP contribution in [0.3, 0.4) is 0 Å². The van der Waals surface area contributed by atoms with Crippen LogP contribution in [0.2, 0.25) is 0 Å². The molecule has 1 radical (unpaired) electrons. The van der Waals surface area contributed by atoms with Gasteiger partial charge in [-0.2, -0.15) is 0 Å². The standard InChI is InChI=1S/C14H20N5O3/c1-7-8(12(20)9-4-3-5-17-9)6-10(13(15)19-22-2)18-11(7)14(16)21/h6-7,9,11,17H,1,3-5H2,2H3,(H2,15,19)(H2,16,21)/t7?,9-,11?/m0/s1. The maximum absolute atomic E-state index is 12.6. The summed E-state index contributed by atoms with van der Waals surface area (Å²) < 4.78 is 0. The Hall–Kier alpha value is -2.06. The lowest BCUT2D eigenvalue weighted by Gasteiger charge is -2.26. The molecule has 8 nitrogen and oxygen atoms in total. The smallest absolute Gasteiger partial charge is 0.242 e. The third-order valence-corrected chi connectivity index (χ3v) is 3.76. The summed E-state index contributed by atoms with van der Waals surface area (Å²) in [7, 11) is 1.35. The van der Waals surface area contributed by atoms with E-state index in [1.807, 2.05) is 0 Å². The molecule has 0 aromatic carbocycles. The van der Waals surface area contributed by atoms with E-state index in [9.17, 15) is 9.59 Å². The summed E-state index contributed by atoms with van der Waals surface area (Å²) in [5, 5.41) is 10.9. The Labute approximate surface area is 128 Å². The van der Waals surface area contributed by atoms with Crippen molar-refractivity contribution in [3.63, 3.8) is 0 Å². The number of hydrogen-bond donors (Lipinski definition) is 4. The van der Waals surface area contributed by atoms with Crippen LogP contribution in [-0.4, -0.2) is 49.0 Å². The topological polar surface area (TPSA) is 130 Å². The Balaban J connectivity index is 2.32. The van der Waals surface area contributed by atoms with Crippen molar-refractivity contribution < 1.29 is 14.4 Å². The van der Waals surface area contributed by atoms with Crippen molar-refractivity contribution in [3.05, 3.63) is 18.6 Å². The molecule has 2 unspecified atom stereocenters. The largest absolute Gasteiger partial charge is 0.368 e. The fourth-order valence-corrected chi connectivity index (χ4v) is 2.62. The van der Waals surface area contributed by atoms with E-state index in [-0.39, 0.29) is 23.4 Å². The zero-order chi connectivity index (χ0) is 16.3. The van der Waals surface area contributed by atoms with Gasteiger partial charge in [0.25, 0.3) is 0 Å². The number of primary amides is 1. The minimum Gasteiger partial charge on any atom is -0.368 e. The lowest BCUT2D eigenvalue weighted by molar-refractivity contribution is -0.120. The molecular weight excluding hydrogens is 286 g/mol. The van der Waals surface area contributed by atoms with Gasteiger partial charge in [-0.15, -0.1) is 0 Å². The predicted molar refractivity (Wildman–Crippen MR) is 81.3 cm³/mol. The van der Waals surface area contributed by atoms with Crippen molar-refractivity contribution >= 4 is 23.2 Å². The van der Waals surface area contributed by atoms with Crippen LogP contribution in [0.15, 0.2) is 16.6 Å². The molecule has 3 atom stereocenters. The first kappa shape index (κ1) is 16.3. The zero-order valence-corrected chi connectivity index (χ0v) is 12.4. The third-order valence-electron chi connectivity index (χ3n) is 3.76. The van der Waals surface area contributed by atoms with E-state index in [4.69, 9.17) is 11.1 Å². The predicted octanol–water partition coefficient (Wildman–Crippen LogP) is -0.879. The number of carbonyl (C=O) groups is 2. The van der Waals surface area contributed by atoms with Gasteiger partial charge in [-0.25, -0.2) is 5.48 Å². The Morgan fingerprint density at radius 1 is 1.59 bits per heavy atom. The molecule has 22 heavy (non-hydrogen) atoms. The first-order chi connectivity index (χ1) is 10.5. The van der Waals surface area contributed by atoms with E-state index in [2.05, 4.69) is 27.6 Å². The molecule has 2 aliphatic heterocycles. The number of hydrogen-bond acceptors (Lipinski definition) is 6. The van der Waals surface area contributed by atoms with Crippen LogP contribution in [-0.2, 0) is 14.4 Å². The van der Waals surface area contributed by atoms with E-state index < -0.39 is 17.9 Å². The minimum atomic E-state index is -0.973. The molecule has 2 heterocycles. The summed E-state index contributed by atoms with van der Waals surface area (Å²) in [6.07, 6.45) is 3.14. The fourth-order valence-electron chi connectivity index (χ4n) is 2.62. The average molecular weight is 306 g/mol. The van der Waals surface area contributed by atoms with Gasteiger partial charge in [0.05, 0.1) is 13.2 Å². The summed E-state index contributed by atoms with van der Waals surface area (Å²) in [6, 6.07) is -1.26. The number of dihydropyridines is 1. The van der Waals surface area contributed by atoms with Crippen molar-refractivity contribution in [3.8, 4) is 0 Å². The molecule has 1 saturated heterocycles. The van der Waals surface area contributed by atoms with Crippen molar-refractivity contribution in [2.75, 3.05) is 13.7 Å². The number of carbonyl (C=O) groups excluding carboxylic acids is 2. The molecule has 1 amide bonds. The Morgan fingerprint density at radius 3 is 2.86 bits per heavy atom. The molecule has 2 aliphatic rings. The van der Waals surface area contributed by atoms with E-state index in [1.165, 1.54) is 13.2 Å². The number of aliphatic imine (C=N–C) groups is 1. The molecule has 0 bridgehead atoms. The summed E-state index contributed by atoms with van der Waals surface area (Å²) >= 11 is 0. The van der Waals surface area contributed by atoms with Crippen LogP contribution in [0.1, 0.15) is 12.8 Å². The van der Waals surface area contributed by atoms with Crippen LogP contribution in [0.5, 0.6) is 0 Å². The number of amides is 1. The van der Waals surface area contributed by atoms with Crippen molar-refractivity contribution in [2.45, 2.75) is 24.9 Å². The van der Waals surface area contributed by atoms with Crippen LogP contribution in [0.25, 0.3) is 0 Å². The molecule has 0 spiro atoms. The molecule has 119 valence electrons. The average Bonchev–Trinajstić information content (AvgIpc) is 3.00. The zero-order valence-electron chi connectivity index (χ0n) is 12.4. The van der Waals surface area contributed by atoms with Crippen molar-refractivity contribution in [1.29, 1.82) is 5.41 Å². The van der Waals surface area contributed by atoms with Gasteiger partial charge in [-0.3, -0.25) is 24.8 Å². The highest BCUT2D eigenvalue weighted by atomic mass is 16.6. The van der Waals surface area contributed by atoms with Crippen molar-refractivity contribution in [2.24, 2.45) is 16.6 Å². The molecule has 8 heteroatoms. The molecule has 5 N–H and O–H groups in total. The second-order valence-corrected chi connectivity index (χ2v) is 5.26. The van der Waals surface area contributed by atoms with E-state index >= 15 is 0 Å². The van der Waals surface area contributed by atoms with Crippen molar-refractivity contribution in [1.82, 2.24) is 10.8 Å². The van der Waals surface area contributed by atoms with Gasteiger partial charge in [-0.05, 0) is 32.4 Å². The highest BCUT2D eigenvalue weighted by molar-refractivity contribution is 6.45. The maximum atomic E-state index is 12.6. The van der Waals surface area contributed by atoms with Crippen LogP contribution < -0.4 is 16.5 Å². The van der Waals surface area contributed by atoms with E-state index in [0.29, 0.717) is 5.57 Å². The number of nitrogens with two attached hydrogens (primary N) is 1. The highest BCUT2D eigenvalue weighted by Gasteiger charge is 2.36. The minimum absolute atomic E-state index is 0.124. The molecule has 0 saturated carbocycles. The first-order valence-corrected chi connectivity index (χ1v) is 7.03. The van der Waals surface area contributed by atoms with Crippen LogP contribution in [0, 0.1) is 18.3 Å². The van der Waals surface area contributed by atoms with Gasteiger partial charge in [0.1, 0.15) is 11.8 Å². The number of nitrogens with one attached hydrogen (secondary N) is 3. The van der Waals surface area contributed by atoms with E-state index in [1.54, 1.807) is 0 Å². The van der Waals surface area contributed by atoms with E-state index in [0.717, 1.165) is 19.4 Å². The maximum Gasteiger partial charge on any atom is 0.242 e. The Bertz CT molecular complexity index is 549. The number of hydroxylamine groups is 1. The molecule has 0 aromatic rings. The first-order valence-electron chi connectivity index (χ1n) is 7.03. The Kier molecular flexibility index (Phi) is 5.04. The number of amidine groups is 1. The number of Topliss-reactive ketones (excluding diaryl/α,β-unsaturated/α-hetero) is 1. The number of nitrogens with zero attached hydrogens (tertiary/aromatic N) is 1. The van der Waals surface area contributed by atoms with Gasteiger partial charge in [0, 0.05) is 11.5 Å². The molecular formula is C14H20N5O3. The monoisotopic (exact) mass is 306 g/mol. The molecule has 0 aromatic heterocycles. The normalized spacial score (nSPS) is 27.8. The molecule has 1 fully saturated rings. The summed E-state index contributed by atoms with van der Waals surface area (Å²) in [5.41, 5.74) is 8.18.